The Morgan fingerprint density at radius 2 is 0.885 bits per heavy atom. The minimum absolute atomic E-state index is 0.532. The maximum absolute atomic E-state index is 13.7. The summed E-state index contributed by atoms with van der Waals surface area (Å²) >= 11 is 0. The summed E-state index contributed by atoms with van der Waals surface area (Å²) in [5.41, 5.74) is 2.66. The second-order valence-corrected chi connectivity index (χ2v) is 6.34. The van der Waals surface area contributed by atoms with Crippen molar-refractivity contribution in [2.75, 3.05) is 34.7 Å². The average Bonchev–Trinajstić information content (AvgIpc) is 2.68. The lowest BCUT2D eigenvalue weighted by atomic mass is 10.2. The maximum atomic E-state index is 13.7. The molecule has 0 bridgehead atoms. The highest BCUT2D eigenvalue weighted by atomic mass is 19.1. The molecule has 1 saturated heterocycles. The molecule has 0 radical (unpaired) electrons. The Labute approximate surface area is 151 Å². The van der Waals surface area contributed by atoms with Gasteiger partial charge >= 0.3 is 0 Å². The molecule has 0 aromatic heterocycles. The lowest BCUT2D eigenvalue weighted by Gasteiger charge is -2.45. The van der Waals surface area contributed by atoms with Gasteiger partial charge in [0.25, 0.3) is 0 Å². The van der Waals surface area contributed by atoms with E-state index < -0.39 is 11.6 Å². The molecule has 3 aromatic rings. The molecule has 132 valence electrons. The predicted octanol–water partition coefficient (Wildman–Crippen LogP) is 4.67. The molecule has 1 aliphatic rings. The van der Waals surface area contributed by atoms with E-state index in [9.17, 15) is 8.78 Å². The van der Waals surface area contributed by atoms with Crippen LogP contribution in [-0.4, -0.2) is 20.0 Å². The Morgan fingerprint density at radius 1 is 0.500 bits per heavy atom. The Balaban J connectivity index is 1.69. The summed E-state index contributed by atoms with van der Waals surface area (Å²) in [6.45, 7) is 1.80. The minimum Gasteiger partial charge on any atom is -0.336 e. The molecule has 1 heterocycles. The number of anilines is 3. The molecule has 0 N–H and O–H groups in total. The van der Waals surface area contributed by atoms with Crippen LogP contribution in [0.15, 0.2) is 78.9 Å². The Kier molecular flexibility index (Phi) is 4.44. The van der Waals surface area contributed by atoms with Crippen LogP contribution in [0.25, 0.3) is 0 Å². The Morgan fingerprint density at radius 3 is 1.31 bits per heavy atom. The van der Waals surface area contributed by atoms with E-state index in [0.717, 1.165) is 17.4 Å². The van der Waals surface area contributed by atoms with Crippen molar-refractivity contribution in [2.24, 2.45) is 0 Å². The number of hydrogen-bond donors (Lipinski definition) is 0. The summed E-state index contributed by atoms with van der Waals surface area (Å²) in [7, 11) is 0. The molecule has 0 atom stereocenters. The molecule has 0 saturated carbocycles. The molecular weight excluding hydrogens is 332 g/mol. The average molecular weight is 351 g/mol. The van der Waals surface area contributed by atoms with Crippen LogP contribution in [0.1, 0.15) is 0 Å². The number of benzene rings is 3. The Bertz CT molecular complexity index is 803. The van der Waals surface area contributed by atoms with Gasteiger partial charge in [0.1, 0.15) is 11.6 Å². The fourth-order valence-electron chi connectivity index (χ4n) is 3.24. The third-order valence-electron chi connectivity index (χ3n) is 4.48. The number of hydrogen-bond acceptors (Lipinski definition) is 3. The van der Waals surface area contributed by atoms with Gasteiger partial charge in [0.15, 0.2) is 0 Å². The monoisotopic (exact) mass is 351 g/mol. The minimum atomic E-state index is -0.567. The van der Waals surface area contributed by atoms with Gasteiger partial charge in [0, 0.05) is 23.1 Å². The van der Waals surface area contributed by atoms with E-state index in [2.05, 4.69) is 9.80 Å². The van der Waals surface area contributed by atoms with Crippen LogP contribution >= 0.6 is 0 Å². The van der Waals surface area contributed by atoms with Crippen LogP contribution in [0.2, 0.25) is 0 Å². The van der Waals surface area contributed by atoms with Crippen molar-refractivity contribution in [1.82, 2.24) is 0 Å². The van der Waals surface area contributed by atoms with Gasteiger partial charge in [-0.05, 0) is 36.4 Å². The second-order valence-electron chi connectivity index (χ2n) is 6.34. The lowest BCUT2D eigenvalue weighted by molar-refractivity contribution is 0.573. The highest BCUT2D eigenvalue weighted by molar-refractivity contribution is 5.58. The fourth-order valence-corrected chi connectivity index (χ4v) is 3.24. The molecule has 1 fully saturated rings. The molecule has 5 heteroatoms. The van der Waals surface area contributed by atoms with E-state index in [1.807, 2.05) is 65.6 Å². The maximum Gasteiger partial charge on any atom is 0.128 e. The van der Waals surface area contributed by atoms with Crippen LogP contribution in [-0.2, 0) is 0 Å². The highest BCUT2D eigenvalue weighted by Gasteiger charge is 2.24. The fraction of sp³-hybridized carbons (Fsp3) is 0.143. The Hall–Kier alpha value is -3.08. The van der Waals surface area contributed by atoms with E-state index >= 15 is 0 Å². The van der Waals surface area contributed by atoms with Crippen LogP contribution in [0.4, 0.5) is 25.8 Å². The van der Waals surface area contributed by atoms with Gasteiger partial charge in [0.2, 0.25) is 0 Å². The number of para-hydroxylation sites is 2. The van der Waals surface area contributed by atoms with E-state index in [1.54, 1.807) is 0 Å². The quantitative estimate of drug-likeness (QED) is 0.679. The highest BCUT2D eigenvalue weighted by Crippen LogP contribution is 2.27. The molecule has 0 unspecified atom stereocenters. The van der Waals surface area contributed by atoms with Crippen LogP contribution in [0, 0.1) is 11.6 Å². The van der Waals surface area contributed by atoms with E-state index in [4.69, 9.17) is 0 Å². The molecule has 0 aliphatic carbocycles. The summed E-state index contributed by atoms with van der Waals surface area (Å²) in [6.07, 6.45) is 0. The zero-order valence-electron chi connectivity index (χ0n) is 14.2. The van der Waals surface area contributed by atoms with Crippen molar-refractivity contribution in [1.29, 1.82) is 0 Å². The van der Waals surface area contributed by atoms with Crippen molar-refractivity contribution in [3.05, 3.63) is 90.5 Å². The largest absolute Gasteiger partial charge is 0.336 e. The zero-order valence-corrected chi connectivity index (χ0v) is 14.2. The SMILES string of the molecule is Fc1cc(F)cc(N2CN(c3ccccc3)CN(c3ccccc3)C2)c1. The van der Waals surface area contributed by atoms with Gasteiger partial charge in [-0.15, -0.1) is 0 Å². The second kappa shape index (κ2) is 7.04. The summed E-state index contributed by atoms with van der Waals surface area (Å²) in [4.78, 5) is 6.33. The number of nitrogens with zero attached hydrogens (tertiary/aromatic N) is 3. The van der Waals surface area contributed by atoms with Gasteiger partial charge < -0.3 is 14.7 Å². The molecule has 26 heavy (non-hydrogen) atoms. The first-order valence-electron chi connectivity index (χ1n) is 8.50. The molecule has 3 nitrogen and oxygen atoms in total. The summed E-state index contributed by atoms with van der Waals surface area (Å²) in [5.74, 6) is -1.13. The van der Waals surface area contributed by atoms with E-state index in [1.165, 1.54) is 12.1 Å². The molecule has 0 amide bonds. The molecule has 0 spiro atoms. The topological polar surface area (TPSA) is 9.72 Å². The first-order valence-corrected chi connectivity index (χ1v) is 8.50. The summed E-state index contributed by atoms with van der Waals surface area (Å²) in [5, 5.41) is 0. The number of halogens is 2. The van der Waals surface area contributed by atoms with Gasteiger partial charge in [-0.25, -0.2) is 8.78 Å². The van der Waals surface area contributed by atoms with Gasteiger partial charge in [-0.2, -0.15) is 0 Å². The number of rotatable bonds is 3. The van der Waals surface area contributed by atoms with Crippen LogP contribution in [0.5, 0.6) is 0 Å². The van der Waals surface area contributed by atoms with Crippen molar-refractivity contribution in [3.63, 3.8) is 0 Å². The normalized spacial score (nSPS) is 14.6. The van der Waals surface area contributed by atoms with Crippen LogP contribution < -0.4 is 14.7 Å². The molecular formula is C21H19F2N3. The van der Waals surface area contributed by atoms with Crippen LogP contribution in [0.3, 0.4) is 0 Å². The predicted molar refractivity (Wildman–Crippen MR) is 101 cm³/mol. The third kappa shape index (κ3) is 3.47. The first kappa shape index (κ1) is 16.4. The molecule has 3 aromatic carbocycles. The smallest absolute Gasteiger partial charge is 0.128 e. The van der Waals surface area contributed by atoms with E-state index in [-0.39, 0.29) is 0 Å². The third-order valence-corrected chi connectivity index (χ3v) is 4.48. The van der Waals surface area contributed by atoms with Gasteiger partial charge in [-0.3, -0.25) is 0 Å². The lowest BCUT2D eigenvalue weighted by Crippen LogP contribution is -2.55. The van der Waals surface area contributed by atoms with E-state index in [0.29, 0.717) is 25.7 Å². The molecule has 4 rings (SSSR count). The first-order chi connectivity index (χ1) is 12.7. The van der Waals surface area contributed by atoms with Crippen molar-refractivity contribution in [2.45, 2.75) is 0 Å². The summed E-state index contributed by atoms with van der Waals surface area (Å²) in [6, 6.07) is 23.7. The van der Waals surface area contributed by atoms with Crippen molar-refractivity contribution < 1.29 is 8.78 Å². The summed E-state index contributed by atoms with van der Waals surface area (Å²) < 4.78 is 27.5. The standard InChI is InChI=1S/C21H19F2N3/c22-17-11-18(23)13-21(12-17)26-15-24(19-7-3-1-4-8-19)14-25(16-26)20-9-5-2-6-10-20/h1-13H,14-16H2. The van der Waals surface area contributed by atoms with Crippen molar-refractivity contribution in [3.8, 4) is 0 Å². The molecule has 1 aliphatic heterocycles. The zero-order chi connectivity index (χ0) is 17.9. The van der Waals surface area contributed by atoms with Crippen molar-refractivity contribution >= 4 is 17.1 Å². The van der Waals surface area contributed by atoms with Gasteiger partial charge in [-0.1, -0.05) is 36.4 Å². The van der Waals surface area contributed by atoms with Gasteiger partial charge in [0.05, 0.1) is 20.0 Å².